The lowest BCUT2D eigenvalue weighted by molar-refractivity contribution is 0.00206. The molecule has 0 radical (unpaired) electrons. The summed E-state index contributed by atoms with van der Waals surface area (Å²) in [5, 5.41) is 0. The zero-order valence-corrected chi connectivity index (χ0v) is 20.9. The predicted molar refractivity (Wildman–Crippen MR) is 130 cm³/mol. The number of para-hydroxylation sites is 1. The second-order valence-electron chi connectivity index (χ2n) is 8.69. The maximum absolute atomic E-state index is 13.5. The van der Waals surface area contributed by atoms with Crippen LogP contribution >= 0.6 is 0 Å². The monoisotopic (exact) mass is 482 g/mol. The van der Waals surface area contributed by atoms with Crippen molar-refractivity contribution in [2.75, 3.05) is 83.1 Å². The number of nitrogens with zero attached hydrogens (tertiary/aromatic N) is 2. The van der Waals surface area contributed by atoms with Crippen molar-refractivity contribution >= 4 is 21.3 Å². The molecule has 2 aliphatic rings. The number of hydrogen-bond donors (Lipinski definition) is 0. The van der Waals surface area contributed by atoms with Gasteiger partial charge >= 0.3 is 0 Å². The van der Waals surface area contributed by atoms with Crippen molar-refractivity contribution in [2.24, 2.45) is 0 Å². The summed E-state index contributed by atoms with van der Waals surface area (Å²) in [6.07, 6.45) is 2.09. The lowest BCUT2D eigenvalue weighted by atomic mass is 9.89. The highest BCUT2D eigenvalue weighted by Gasteiger charge is 2.34. The molecule has 1 fully saturated rings. The number of sulfonamides is 1. The fourth-order valence-electron chi connectivity index (χ4n) is 4.34. The van der Waals surface area contributed by atoms with E-state index in [1.165, 1.54) is 4.31 Å². The third-order valence-electron chi connectivity index (χ3n) is 5.90. The zero-order chi connectivity index (χ0) is 23.7. The van der Waals surface area contributed by atoms with Crippen LogP contribution in [-0.2, 0) is 29.0 Å². The normalized spacial score (nSPS) is 22.0. The van der Waals surface area contributed by atoms with Gasteiger partial charge in [0.25, 0.3) is 0 Å². The summed E-state index contributed by atoms with van der Waals surface area (Å²) in [5.74, 6) is -0.0583. The van der Waals surface area contributed by atoms with Crippen molar-refractivity contribution in [3.8, 4) is 0 Å². The fraction of sp³-hybridized carbons (Fsp3) is 0.667. The minimum atomic E-state index is -3.59. The lowest BCUT2D eigenvalue weighted by Gasteiger charge is -2.43. The first-order valence-corrected chi connectivity index (χ1v) is 13.3. The van der Waals surface area contributed by atoms with Crippen molar-refractivity contribution in [3.05, 3.63) is 35.9 Å². The molecule has 8 nitrogen and oxygen atoms in total. The molecule has 33 heavy (non-hydrogen) atoms. The molecule has 0 bridgehead atoms. The molecule has 0 aliphatic carbocycles. The Kier molecular flexibility index (Phi) is 9.72. The largest absolute Gasteiger partial charge is 0.378 e. The molecule has 0 unspecified atom stereocenters. The second-order valence-corrected chi connectivity index (χ2v) is 10.7. The quantitative estimate of drug-likeness (QED) is 0.652. The van der Waals surface area contributed by atoms with E-state index in [4.69, 9.17) is 18.9 Å². The maximum Gasteiger partial charge on any atom is 0.218 e. The van der Waals surface area contributed by atoms with Gasteiger partial charge in [-0.3, -0.25) is 0 Å². The van der Waals surface area contributed by atoms with Crippen molar-refractivity contribution in [3.63, 3.8) is 0 Å². The van der Waals surface area contributed by atoms with Crippen LogP contribution < -0.4 is 4.90 Å². The topological polar surface area (TPSA) is 77.5 Å². The Balaban J connectivity index is 1.76. The van der Waals surface area contributed by atoms with Crippen molar-refractivity contribution in [2.45, 2.75) is 26.3 Å². The number of ether oxygens (including phenoxy) is 4. The van der Waals surface area contributed by atoms with Gasteiger partial charge in [-0.1, -0.05) is 24.3 Å². The Morgan fingerprint density at radius 3 is 1.91 bits per heavy atom. The van der Waals surface area contributed by atoms with Crippen LogP contribution in [0.4, 0.5) is 5.69 Å². The Morgan fingerprint density at radius 1 is 0.848 bits per heavy atom. The van der Waals surface area contributed by atoms with Crippen LogP contribution in [0.1, 0.15) is 26.3 Å². The third-order valence-corrected chi connectivity index (χ3v) is 7.73. The van der Waals surface area contributed by atoms with E-state index >= 15 is 0 Å². The SMILES string of the molecule is CCN1c2ccccc2C(CS(=O)(=O)N2CCOCCOCCOCCOCC2)=CC1(C)C. The number of hydrogen-bond acceptors (Lipinski definition) is 7. The van der Waals surface area contributed by atoms with Gasteiger partial charge in [-0.2, -0.15) is 4.31 Å². The first kappa shape index (κ1) is 26.1. The van der Waals surface area contributed by atoms with Gasteiger partial charge in [0, 0.05) is 30.9 Å². The van der Waals surface area contributed by atoms with Gasteiger partial charge in [-0.15, -0.1) is 0 Å². The summed E-state index contributed by atoms with van der Waals surface area (Å²) >= 11 is 0. The molecule has 0 aromatic heterocycles. The molecule has 2 heterocycles. The molecule has 0 atom stereocenters. The summed E-state index contributed by atoms with van der Waals surface area (Å²) < 4.78 is 50.6. The van der Waals surface area contributed by atoms with E-state index in [2.05, 4.69) is 37.8 Å². The van der Waals surface area contributed by atoms with E-state index in [1.807, 2.05) is 18.2 Å². The third kappa shape index (κ3) is 7.24. The molecule has 3 rings (SSSR count). The van der Waals surface area contributed by atoms with Crippen molar-refractivity contribution < 1.29 is 27.4 Å². The van der Waals surface area contributed by atoms with E-state index in [0.717, 1.165) is 23.4 Å². The lowest BCUT2D eigenvalue weighted by Crippen LogP contribution is -2.46. The Labute approximate surface area is 198 Å². The number of likely N-dealkylation sites (N-methyl/N-ethyl adjacent to an activating group) is 1. The summed E-state index contributed by atoms with van der Waals surface area (Å²) in [6.45, 7) is 11.1. The van der Waals surface area contributed by atoms with Crippen LogP contribution in [0.2, 0.25) is 0 Å². The average molecular weight is 483 g/mol. The molecular formula is C24H38N2O6S. The van der Waals surface area contributed by atoms with Crippen LogP contribution in [0.15, 0.2) is 30.3 Å². The summed E-state index contributed by atoms with van der Waals surface area (Å²) in [7, 11) is -3.59. The number of rotatable bonds is 4. The van der Waals surface area contributed by atoms with Crippen LogP contribution in [0.5, 0.6) is 0 Å². The maximum atomic E-state index is 13.5. The van der Waals surface area contributed by atoms with Crippen molar-refractivity contribution in [1.29, 1.82) is 0 Å². The molecule has 9 heteroatoms. The summed E-state index contributed by atoms with van der Waals surface area (Å²) in [5.41, 5.74) is 2.60. The van der Waals surface area contributed by atoms with Gasteiger partial charge in [0.1, 0.15) is 0 Å². The van der Waals surface area contributed by atoms with Gasteiger partial charge in [-0.05, 0) is 32.4 Å². The minimum absolute atomic E-state index is 0.0583. The van der Waals surface area contributed by atoms with Crippen LogP contribution in [0.3, 0.4) is 0 Å². The van der Waals surface area contributed by atoms with E-state index in [9.17, 15) is 8.42 Å². The molecule has 0 spiro atoms. The number of fused-ring (bicyclic) bond motifs is 1. The highest BCUT2D eigenvalue weighted by molar-refractivity contribution is 7.89. The van der Waals surface area contributed by atoms with E-state index in [1.54, 1.807) is 0 Å². The van der Waals surface area contributed by atoms with E-state index in [-0.39, 0.29) is 24.4 Å². The van der Waals surface area contributed by atoms with Gasteiger partial charge in [0.15, 0.2) is 0 Å². The summed E-state index contributed by atoms with van der Waals surface area (Å²) in [6, 6.07) is 8.03. The second kappa shape index (κ2) is 12.3. The Morgan fingerprint density at radius 2 is 1.36 bits per heavy atom. The average Bonchev–Trinajstić information content (AvgIpc) is 2.78. The van der Waals surface area contributed by atoms with Crippen LogP contribution in [-0.4, -0.2) is 96.5 Å². The molecule has 186 valence electrons. The molecule has 1 saturated heterocycles. The van der Waals surface area contributed by atoms with Gasteiger partial charge in [-0.25, -0.2) is 8.42 Å². The number of benzene rings is 1. The first-order chi connectivity index (χ1) is 15.8. The van der Waals surface area contributed by atoms with E-state index in [0.29, 0.717) is 52.9 Å². The Bertz CT molecular complexity index is 871. The molecule has 1 aromatic carbocycles. The first-order valence-electron chi connectivity index (χ1n) is 11.7. The highest BCUT2D eigenvalue weighted by atomic mass is 32.2. The smallest absolute Gasteiger partial charge is 0.218 e. The van der Waals surface area contributed by atoms with Gasteiger partial charge in [0.2, 0.25) is 10.0 Å². The fourth-order valence-corrected chi connectivity index (χ4v) is 5.86. The zero-order valence-electron chi connectivity index (χ0n) is 20.1. The van der Waals surface area contributed by atoms with Crippen molar-refractivity contribution in [1.82, 2.24) is 4.31 Å². The van der Waals surface area contributed by atoms with Gasteiger partial charge < -0.3 is 23.8 Å². The predicted octanol–water partition coefficient (Wildman–Crippen LogP) is 2.40. The molecule has 0 amide bonds. The van der Waals surface area contributed by atoms with E-state index < -0.39 is 10.0 Å². The molecular weight excluding hydrogens is 444 g/mol. The molecule has 0 N–H and O–H groups in total. The summed E-state index contributed by atoms with van der Waals surface area (Å²) in [4.78, 5) is 2.30. The molecule has 2 aliphatic heterocycles. The van der Waals surface area contributed by atoms with Crippen LogP contribution in [0, 0.1) is 0 Å². The standard InChI is InChI=1S/C24H38N2O6S/c1-4-26-23-8-6-5-7-22(23)21(19-24(26,2)3)20-33(27,28)25-9-11-29-13-15-31-17-18-32-16-14-30-12-10-25/h5-8,19H,4,9-18,20H2,1-3H3. The van der Waals surface area contributed by atoms with Crippen LogP contribution in [0.25, 0.3) is 5.57 Å². The molecule has 0 saturated carbocycles. The van der Waals surface area contributed by atoms with Gasteiger partial charge in [0.05, 0.1) is 64.1 Å². The minimum Gasteiger partial charge on any atom is -0.378 e. The number of anilines is 1. The molecule has 1 aromatic rings. The highest BCUT2D eigenvalue weighted by Crippen LogP contribution is 2.39. The Hall–Kier alpha value is -1.49.